The number of nitrogens with two attached hydrogens (primary N) is 1. The third-order valence-electron chi connectivity index (χ3n) is 5.92. The Labute approximate surface area is 192 Å². The third-order valence-corrected chi connectivity index (χ3v) is 5.92. The number of fused-ring (bicyclic) bond motifs is 1. The number of benzene rings is 1. The van der Waals surface area contributed by atoms with E-state index in [2.05, 4.69) is 15.8 Å². The number of rotatable bonds is 5. The fourth-order valence-corrected chi connectivity index (χ4v) is 4.22. The first-order chi connectivity index (χ1) is 15.7. The predicted octanol–water partition coefficient (Wildman–Crippen LogP) is 0.935. The fourth-order valence-electron chi connectivity index (χ4n) is 4.22. The number of likely N-dealkylation sites (N-methyl/N-ethyl adjacent to an activating group) is 1. The molecule has 1 atom stereocenters. The minimum absolute atomic E-state index is 0.0247. The standard InChI is InChI=1S/C23H29N7O3/c1-12-5-6-16-15(9-12)13(2)21(33-16)20(18-19(24)23(32)28-27-22(18)25)26-14-7-8-30(10-14)17(31)11-29(3)4/h5-6,9,14,24,26H,7-8,10-11H2,1-4H3,(H2,25,27)(H,28,32)/b20-18+,24-19?. The van der Waals surface area contributed by atoms with Gasteiger partial charge in [0.25, 0.3) is 5.91 Å². The summed E-state index contributed by atoms with van der Waals surface area (Å²) in [5.74, 6) is -0.0602. The Morgan fingerprint density at radius 2 is 2.15 bits per heavy atom. The molecule has 10 nitrogen and oxygen atoms in total. The van der Waals surface area contributed by atoms with Crippen LogP contribution in [0.4, 0.5) is 0 Å². The highest BCUT2D eigenvalue weighted by molar-refractivity contribution is 6.53. The average Bonchev–Trinajstić information content (AvgIpc) is 3.35. The van der Waals surface area contributed by atoms with Gasteiger partial charge in [-0.1, -0.05) is 11.6 Å². The van der Waals surface area contributed by atoms with Gasteiger partial charge in [0.2, 0.25) is 5.91 Å². The third kappa shape index (κ3) is 4.34. The molecule has 0 bridgehead atoms. The van der Waals surface area contributed by atoms with E-state index in [-0.39, 0.29) is 29.1 Å². The Hall–Kier alpha value is -3.66. The van der Waals surface area contributed by atoms with Crippen molar-refractivity contribution in [3.8, 4) is 0 Å². The first kappa shape index (κ1) is 22.5. The van der Waals surface area contributed by atoms with Crippen LogP contribution in [0, 0.1) is 19.3 Å². The van der Waals surface area contributed by atoms with Crippen LogP contribution in [0.15, 0.2) is 33.3 Å². The molecule has 2 amide bonds. The quantitative estimate of drug-likeness (QED) is 0.533. The molecule has 2 aromatic rings. The van der Waals surface area contributed by atoms with Crippen LogP contribution in [0.5, 0.6) is 0 Å². The van der Waals surface area contributed by atoms with Crippen LogP contribution < -0.4 is 16.5 Å². The number of hydrogen-bond acceptors (Lipinski definition) is 8. The summed E-state index contributed by atoms with van der Waals surface area (Å²) >= 11 is 0. The number of furan rings is 1. The maximum atomic E-state index is 12.5. The van der Waals surface area contributed by atoms with Crippen molar-refractivity contribution in [2.45, 2.75) is 26.3 Å². The Morgan fingerprint density at radius 3 is 2.88 bits per heavy atom. The van der Waals surface area contributed by atoms with Gasteiger partial charge in [0.1, 0.15) is 11.3 Å². The summed E-state index contributed by atoms with van der Waals surface area (Å²) in [6.45, 7) is 5.40. The Balaban J connectivity index is 1.75. The minimum Gasteiger partial charge on any atom is -0.454 e. The molecule has 2 aliphatic heterocycles. The van der Waals surface area contributed by atoms with E-state index in [0.29, 0.717) is 43.1 Å². The molecule has 0 aliphatic carbocycles. The second-order valence-electron chi connectivity index (χ2n) is 8.83. The lowest BCUT2D eigenvalue weighted by atomic mass is 10.00. The highest BCUT2D eigenvalue weighted by Gasteiger charge is 2.33. The van der Waals surface area contributed by atoms with E-state index >= 15 is 0 Å². The van der Waals surface area contributed by atoms with Crippen LogP contribution in [0.25, 0.3) is 16.7 Å². The van der Waals surface area contributed by atoms with E-state index in [1.165, 1.54) is 0 Å². The van der Waals surface area contributed by atoms with Crippen molar-refractivity contribution in [2.24, 2.45) is 10.8 Å². The molecule has 33 heavy (non-hydrogen) atoms. The first-order valence-electron chi connectivity index (χ1n) is 10.8. The molecule has 1 fully saturated rings. The molecule has 4 rings (SSSR count). The zero-order valence-electron chi connectivity index (χ0n) is 19.3. The van der Waals surface area contributed by atoms with Crippen molar-refractivity contribution >= 4 is 40.0 Å². The van der Waals surface area contributed by atoms with Crippen LogP contribution in [0.1, 0.15) is 23.3 Å². The molecule has 1 aromatic heterocycles. The summed E-state index contributed by atoms with van der Waals surface area (Å²) in [5, 5.41) is 16.6. The lowest BCUT2D eigenvalue weighted by Gasteiger charge is -2.23. The van der Waals surface area contributed by atoms with Gasteiger partial charge in [-0.25, -0.2) is 5.43 Å². The molecule has 3 heterocycles. The SMILES string of the molecule is Cc1ccc2oc(/C(NC3CCN(C(=O)CN(C)C)C3)=C3/C(=N)C(=O)NN=C3N)c(C)c2c1. The van der Waals surface area contributed by atoms with Crippen molar-refractivity contribution in [3.05, 3.63) is 40.7 Å². The normalized spacial score (nSPS) is 20.3. The maximum absolute atomic E-state index is 12.5. The van der Waals surface area contributed by atoms with E-state index in [0.717, 1.165) is 16.5 Å². The summed E-state index contributed by atoms with van der Waals surface area (Å²) in [4.78, 5) is 28.4. The zero-order valence-corrected chi connectivity index (χ0v) is 19.3. The number of likely N-dealkylation sites (tertiary alicyclic amines) is 1. The number of hydrogen-bond donors (Lipinski definition) is 4. The van der Waals surface area contributed by atoms with Gasteiger partial charge in [0, 0.05) is 30.1 Å². The van der Waals surface area contributed by atoms with Crippen molar-refractivity contribution in [1.29, 1.82) is 5.41 Å². The summed E-state index contributed by atoms with van der Waals surface area (Å²) in [7, 11) is 3.72. The predicted molar refractivity (Wildman–Crippen MR) is 127 cm³/mol. The van der Waals surface area contributed by atoms with Gasteiger partial charge in [0.05, 0.1) is 17.8 Å². The second kappa shape index (κ2) is 8.70. The maximum Gasteiger partial charge on any atom is 0.290 e. The minimum atomic E-state index is -0.641. The number of nitrogens with zero attached hydrogens (tertiary/aromatic N) is 3. The highest BCUT2D eigenvalue weighted by atomic mass is 16.3. The van der Waals surface area contributed by atoms with E-state index in [1.807, 2.05) is 55.9 Å². The number of carbonyl (C=O) groups is 2. The molecule has 10 heteroatoms. The molecule has 0 spiro atoms. The van der Waals surface area contributed by atoms with E-state index < -0.39 is 5.91 Å². The van der Waals surface area contributed by atoms with Crippen LogP contribution in [0.2, 0.25) is 0 Å². The molecule has 0 saturated carbocycles. The van der Waals surface area contributed by atoms with Crippen LogP contribution in [0.3, 0.4) is 0 Å². The Morgan fingerprint density at radius 1 is 1.39 bits per heavy atom. The first-order valence-corrected chi connectivity index (χ1v) is 10.8. The second-order valence-corrected chi connectivity index (χ2v) is 8.83. The van der Waals surface area contributed by atoms with Gasteiger partial charge in [-0.2, -0.15) is 5.10 Å². The lowest BCUT2D eigenvalue weighted by molar-refractivity contribution is -0.130. The van der Waals surface area contributed by atoms with Crippen molar-refractivity contribution in [3.63, 3.8) is 0 Å². The zero-order chi connectivity index (χ0) is 23.9. The molecule has 0 radical (unpaired) electrons. The molecular formula is C23H29N7O3. The van der Waals surface area contributed by atoms with Crippen molar-refractivity contribution in [1.82, 2.24) is 20.5 Å². The Kier molecular flexibility index (Phi) is 5.94. The highest BCUT2D eigenvalue weighted by Crippen LogP contribution is 2.32. The van der Waals surface area contributed by atoms with E-state index in [4.69, 9.17) is 15.6 Å². The number of hydrazone groups is 1. The van der Waals surface area contributed by atoms with Crippen LogP contribution >= 0.6 is 0 Å². The number of carbonyl (C=O) groups excluding carboxylic acids is 2. The van der Waals surface area contributed by atoms with E-state index in [9.17, 15) is 9.59 Å². The van der Waals surface area contributed by atoms with E-state index in [1.54, 1.807) is 0 Å². The molecular weight excluding hydrogens is 422 g/mol. The number of aryl methyl sites for hydroxylation is 2. The van der Waals surface area contributed by atoms with Crippen molar-refractivity contribution in [2.75, 3.05) is 33.7 Å². The lowest BCUT2D eigenvalue weighted by Crippen LogP contribution is -2.43. The number of amidine groups is 1. The summed E-state index contributed by atoms with van der Waals surface area (Å²) < 4.78 is 6.19. The van der Waals surface area contributed by atoms with Gasteiger partial charge in [-0.05, 0) is 46.5 Å². The monoisotopic (exact) mass is 451 g/mol. The van der Waals surface area contributed by atoms with Crippen LogP contribution in [-0.4, -0.2) is 72.9 Å². The molecule has 2 aliphatic rings. The molecule has 5 N–H and O–H groups in total. The van der Waals surface area contributed by atoms with Gasteiger partial charge in [-0.3, -0.25) is 15.0 Å². The smallest absolute Gasteiger partial charge is 0.290 e. The Bertz CT molecular complexity index is 1210. The largest absolute Gasteiger partial charge is 0.454 e. The average molecular weight is 452 g/mol. The number of nitrogens with one attached hydrogen (secondary N) is 3. The topological polar surface area (TPSA) is 140 Å². The van der Waals surface area contributed by atoms with Gasteiger partial charge in [0.15, 0.2) is 11.6 Å². The van der Waals surface area contributed by atoms with Gasteiger partial charge >= 0.3 is 0 Å². The number of amides is 2. The van der Waals surface area contributed by atoms with Gasteiger partial charge in [-0.15, -0.1) is 0 Å². The summed E-state index contributed by atoms with van der Waals surface area (Å²) in [6, 6.07) is 5.80. The molecule has 174 valence electrons. The summed E-state index contributed by atoms with van der Waals surface area (Å²) in [5.41, 5.74) is 11.4. The van der Waals surface area contributed by atoms with Crippen molar-refractivity contribution < 1.29 is 14.0 Å². The molecule has 1 unspecified atom stereocenters. The molecule has 1 aromatic carbocycles. The van der Waals surface area contributed by atoms with Crippen LogP contribution in [-0.2, 0) is 9.59 Å². The fraction of sp³-hybridized carbons (Fsp3) is 0.391. The summed E-state index contributed by atoms with van der Waals surface area (Å²) in [6.07, 6.45) is 0.713. The van der Waals surface area contributed by atoms with Gasteiger partial charge < -0.3 is 25.3 Å². The molecule has 1 saturated heterocycles.